The zero-order chi connectivity index (χ0) is 21.4. The van der Waals surface area contributed by atoms with Gasteiger partial charge in [-0.3, -0.25) is 4.79 Å². The summed E-state index contributed by atoms with van der Waals surface area (Å²) in [6, 6.07) is 0. The molecule has 0 saturated carbocycles. The third-order valence-electron chi connectivity index (χ3n) is 3.68. The molecule has 162 valence electrons. The Bertz CT molecular complexity index is 596. The minimum absolute atomic E-state index is 0.0315. The van der Waals surface area contributed by atoms with E-state index in [0.717, 1.165) is 11.8 Å². The number of aryl methyl sites for hydroxylation is 1. The molecule has 1 saturated heterocycles. The van der Waals surface area contributed by atoms with Crippen LogP contribution in [0.25, 0.3) is 0 Å². The number of nitrogens with zero attached hydrogens (tertiary/aromatic N) is 2. The van der Waals surface area contributed by atoms with Crippen molar-refractivity contribution in [1.29, 1.82) is 0 Å². The molecule has 0 radical (unpaired) electrons. The van der Waals surface area contributed by atoms with Crippen LogP contribution in [-0.2, 0) is 16.0 Å². The summed E-state index contributed by atoms with van der Waals surface area (Å²) in [7, 11) is 6.00. The summed E-state index contributed by atoms with van der Waals surface area (Å²) in [4.78, 5) is 19.6. The maximum absolute atomic E-state index is 10.6. The van der Waals surface area contributed by atoms with Crippen LogP contribution in [0.4, 0.5) is 0 Å². The Morgan fingerprint density at radius 3 is 2.43 bits per heavy atom. The Morgan fingerprint density at radius 1 is 1.29 bits per heavy atom. The zero-order valence-corrected chi connectivity index (χ0v) is 17.3. The average Bonchev–Trinajstić information content (AvgIpc) is 3.02. The smallest absolute Gasteiger partial charge is 0.303 e. The SMILES string of the molecule is CN(C)C.C[C@@H](O)CC1OC(Sc2ncc(CCC(=O)O)[nH]2)C(O)C(O)C1O. The fourth-order valence-electron chi connectivity index (χ4n) is 2.42. The van der Waals surface area contributed by atoms with Crippen molar-refractivity contribution in [2.75, 3.05) is 21.1 Å². The third-order valence-corrected chi connectivity index (χ3v) is 4.74. The average molecular weight is 422 g/mol. The summed E-state index contributed by atoms with van der Waals surface area (Å²) in [5, 5.41) is 48.5. The normalized spacial score (nSPS) is 28.5. The number of hydrogen-bond acceptors (Lipinski definition) is 9. The van der Waals surface area contributed by atoms with Crippen LogP contribution in [0.5, 0.6) is 0 Å². The number of ether oxygens (including phenoxy) is 1. The lowest BCUT2D eigenvalue weighted by Crippen LogP contribution is -2.57. The van der Waals surface area contributed by atoms with Crippen molar-refractivity contribution in [2.45, 2.75) is 67.3 Å². The first-order valence-electron chi connectivity index (χ1n) is 8.92. The van der Waals surface area contributed by atoms with Gasteiger partial charge in [-0.25, -0.2) is 4.98 Å². The Balaban J connectivity index is 0.000000892. The minimum Gasteiger partial charge on any atom is -0.481 e. The molecule has 1 aliphatic heterocycles. The van der Waals surface area contributed by atoms with E-state index in [2.05, 4.69) is 9.97 Å². The highest BCUT2D eigenvalue weighted by Gasteiger charge is 2.44. The molecular formula is C17H31N3O7S. The number of hydrogen-bond donors (Lipinski definition) is 6. The number of H-pyrrole nitrogens is 1. The molecule has 1 aliphatic rings. The number of carboxylic acid groups (broad SMARTS) is 1. The van der Waals surface area contributed by atoms with Crippen molar-refractivity contribution in [1.82, 2.24) is 14.9 Å². The number of carboxylic acids is 1. The molecule has 0 bridgehead atoms. The lowest BCUT2D eigenvalue weighted by molar-refractivity contribution is -0.203. The number of aromatic amines is 1. The second kappa shape index (κ2) is 11.7. The van der Waals surface area contributed by atoms with E-state index in [1.54, 1.807) is 0 Å². The largest absolute Gasteiger partial charge is 0.481 e. The molecule has 6 N–H and O–H groups in total. The van der Waals surface area contributed by atoms with Gasteiger partial charge in [-0.2, -0.15) is 0 Å². The van der Waals surface area contributed by atoms with E-state index < -0.39 is 41.9 Å². The molecule has 2 heterocycles. The van der Waals surface area contributed by atoms with Gasteiger partial charge in [0.15, 0.2) is 5.16 Å². The highest BCUT2D eigenvalue weighted by atomic mass is 32.2. The predicted octanol–water partition coefficient (Wildman–Crippen LogP) is -0.725. The van der Waals surface area contributed by atoms with Gasteiger partial charge in [-0.1, -0.05) is 11.8 Å². The van der Waals surface area contributed by atoms with Gasteiger partial charge >= 0.3 is 5.97 Å². The van der Waals surface area contributed by atoms with Crippen molar-refractivity contribution in [2.24, 2.45) is 0 Å². The summed E-state index contributed by atoms with van der Waals surface area (Å²) < 4.78 is 5.59. The molecule has 5 unspecified atom stereocenters. The van der Waals surface area contributed by atoms with Gasteiger partial charge in [0.1, 0.15) is 23.7 Å². The maximum atomic E-state index is 10.6. The van der Waals surface area contributed by atoms with Crippen LogP contribution in [0.3, 0.4) is 0 Å². The predicted molar refractivity (Wildman–Crippen MR) is 103 cm³/mol. The number of carbonyl (C=O) groups is 1. The Labute approximate surface area is 168 Å². The fraction of sp³-hybridized carbons (Fsp3) is 0.765. The molecule has 6 atom stereocenters. The first kappa shape index (κ1) is 24.8. The zero-order valence-electron chi connectivity index (χ0n) is 16.5. The van der Waals surface area contributed by atoms with Crippen molar-refractivity contribution >= 4 is 17.7 Å². The first-order chi connectivity index (χ1) is 13.0. The molecular weight excluding hydrogens is 390 g/mol. The number of aliphatic hydroxyl groups is 4. The number of aliphatic carboxylic acids is 1. The van der Waals surface area contributed by atoms with Gasteiger partial charge in [0, 0.05) is 18.3 Å². The molecule has 1 fully saturated rings. The van der Waals surface area contributed by atoms with Crippen LogP contribution >= 0.6 is 11.8 Å². The van der Waals surface area contributed by atoms with E-state index in [1.807, 2.05) is 26.0 Å². The summed E-state index contributed by atoms with van der Waals surface area (Å²) in [6.07, 6.45) is -3.70. The molecule has 2 rings (SSSR count). The summed E-state index contributed by atoms with van der Waals surface area (Å²) >= 11 is 1.03. The standard InChI is InChI=1S/C14H22N2O7S.C3H9N/c1-6(17)4-8-10(20)11(21)12(22)13(23-8)24-14-15-5-7(16-14)2-3-9(18)19;1-4(2)3/h5-6,8,10-13,17,20-22H,2-4H2,1H3,(H,15,16)(H,18,19);1-3H3/t6-,8?,10?,11?,12?,13?;/m1./s1. The highest BCUT2D eigenvalue weighted by molar-refractivity contribution is 7.99. The second-order valence-electron chi connectivity index (χ2n) is 7.17. The van der Waals surface area contributed by atoms with E-state index in [1.165, 1.54) is 13.1 Å². The molecule has 28 heavy (non-hydrogen) atoms. The molecule has 0 spiro atoms. The Kier molecular flexibility index (Phi) is 10.4. The number of rotatable bonds is 7. The van der Waals surface area contributed by atoms with Gasteiger partial charge in [0.2, 0.25) is 0 Å². The van der Waals surface area contributed by atoms with Crippen LogP contribution in [-0.4, -0.2) is 103 Å². The number of aromatic nitrogens is 2. The minimum atomic E-state index is -1.40. The van der Waals surface area contributed by atoms with Gasteiger partial charge in [0.25, 0.3) is 0 Å². The molecule has 1 aromatic rings. The van der Waals surface area contributed by atoms with E-state index in [4.69, 9.17) is 9.84 Å². The number of thioether (sulfide) groups is 1. The first-order valence-corrected chi connectivity index (χ1v) is 9.80. The van der Waals surface area contributed by atoms with Crippen molar-refractivity contribution in [3.05, 3.63) is 11.9 Å². The molecule has 0 aromatic carbocycles. The lowest BCUT2D eigenvalue weighted by Gasteiger charge is -2.40. The quantitative estimate of drug-likeness (QED) is 0.331. The molecule has 1 aromatic heterocycles. The number of aliphatic hydroxyl groups excluding tert-OH is 4. The summed E-state index contributed by atoms with van der Waals surface area (Å²) in [5.41, 5.74) is -0.253. The van der Waals surface area contributed by atoms with Crippen LogP contribution in [0.1, 0.15) is 25.5 Å². The van der Waals surface area contributed by atoms with Crippen LogP contribution in [0, 0.1) is 0 Å². The summed E-state index contributed by atoms with van der Waals surface area (Å²) in [6.45, 7) is 1.54. The van der Waals surface area contributed by atoms with E-state index in [9.17, 15) is 25.2 Å². The van der Waals surface area contributed by atoms with E-state index in [0.29, 0.717) is 17.3 Å². The summed E-state index contributed by atoms with van der Waals surface area (Å²) in [5.74, 6) is -0.914. The molecule has 10 nitrogen and oxygen atoms in total. The number of imidazole rings is 1. The van der Waals surface area contributed by atoms with Crippen LogP contribution in [0.2, 0.25) is 0 Å². The number of nitrogens with one attached hydrogen (secondary N) is 1. The van der Waals surface area contributed by atoms with Gasteiger partial charge < -0.3 is 40.2 Å². The van der Waals surface area contributed by atoms with Crippen LogP contribution < -0.4 is 0 Å². The van der Waals surface area contributed by atoms with Gasteiger partial charge in [0.05, 0.1) is 18.6 Å². The second-order valence-corrected chi connectivity index (χ2v) is 8.25. The fourth-order valence-corrected chi connectivity index (χ4v) is 3.44. The monoisotopic (exact) mass is 421 g/mol. The van der Waals surface area contributed by atoms with E-state index in [-0.39, 0.29) is 12.8 Å². The molecule has 0 aliphatic carbocycles. The molecule has 0 amide bonds. The van der Waals surface area contributed by atoms with Gasteiger partial charge in [-0.15, -0.1) is 0 Å². The molecule has 11 heteroatoms. The van der Waals surface area contributed by atoms with Crippen molar-refractivity contribution in [3.63, 3.8) is 0 Å². The Morgan fingerprint density at radius 2 is 1.89 bits per heavy atom. The lowest BCUT2D eigenvalue weighted by atomic mass is 9.96. The van der Waals surface area contributed by atoms with Crippen molar-refractivity contribution in [3.8, 4) is 0 Å². The Hall–Kier alpha value is -1.21. The maximum Gasteiger partial charge on any atom is 0.303 e. The topological polar surface area (TPSA) is 159 Å². The third kappa shape index (κ3) is 8.43. The van der Waals surface area contributed by atoms with Crippen molar-refractivity contribution < 1.29 is 35.1 Å². The highest BCUT2D eigenvalue weighted by Crippen LogP contribution is 2.33. The van der Waals surface area contributed by atoms with Gasteiger partial charge in [-0.05, 0) is 34.5 Å². The van der Waals surface area contributed by atoms with E-state index >= 15 is 0 Å². The van der Waals surface area contributed by atoms with Crippen LogP contribution in [0.15, 0.2) is 11.4 Å².